The van der Waals surface area contributed by atoms with Gasteiger partial charge in [-0.1, -0.05) is 22.9 Å². The summed E-state index contributed by atoms with van der Waals surface area (Å²) in [6.45, 7) is 3.25. The topological polar surface area (TPSA) is 77.1 Å². The normalized spacial score (nSPS) is 16.5. The number of anilines is 1. The fourth-order valence-electron chi connectivity index (χ4n) is 5.69. The van der Waals surface area contributed by atoms with Crippen LogP contribution in [0, 0.1) is 5.82 Å². The maximum atomic E-state index is 13.9. The molecule has 6 rings (SSSR count). The number of ether oxygens (including phenoxy) is 1. The Balaban J connectivity index is 1.45. The molecule has 2 aliphatic rings. The second kappa shape index (κ2) is 12.8. The number of morpholine rings is 1. The molecular formula is C29H28ClF7N8O. The van der Waals surface area contributed by atoms with Crippen molar-refractivity contribution in [2.24, 2.45) is 0 Å². The third kappa shape index (κ3) is 6.98. The van der Waals surface area contributed by atoms with Crippen molar-refractivity contribution in [1.82, 2.24) is 34.7 Å². The van der Waals surface area contributed by atoms with Crippen LogP contribution < -0.4 is 4.90 Å². The highest BCUT2D eigenvalue weighted by molar-refractivity contribution is 6.31. The first-order valence-electron chi connectivity index (χ1n) is 14.5. The Morgan fingerprint density at radius 1 is 0.783 bits per heavy atom. The molecule has 4 aromatic rings. The number of nitrogens with zero attached hydrogens (tertiary/aromatic N) is 8. The lowest BCUT2D eigenvalue weighted by Gasteiger charge is -2.29. The minimum absolute atomic E-state index is 0.0874. The van der Waals surface area contributed by atoms with Crippen molar-refractivity contribution in [3.05, 3.63) is 75.3 Å². The fraction of sp³-hybridized carbons (Fsp3) is 0.448. The quantitative estimate of drug-likeness (QED) is 0.216. The zero-order chi connectivity index (χ0) is 32.6. The number of halogens is 8. The summed E-state index contributed by atoms with van der Waals surface area (Å²) in [5, 5.41) is 17.6. The highest BCUT2D eigenvalue weighted by atomic mass is 35.5. The third-order valence-electron chi connectivity index (χ3n) is 7.95. The minimum atomic E-state index is -5.00. The van der Waals surface area contributed by atoms with Gasteiger partial charge in [0.15, 0.2) is 17.3 Å². The van der Waals surface area contributed by atoms with Crippen molar-refractivity contribution < 1.29 is 35.5 Å². The first-order chi connectivity index (χ1) is 21.9. The Morgan fingerprint density at radius 2 is 1.46 bits per heavy atom. The van der Waals surface area contributed by atoms with Crippen molar-refractivity contribution in [2.75, 3.05) is 44.3 Å². The van der Waals surface area contributed by atoms with Gasteiger partial charge in [0, 0.05) is 18.1 Å². The van der Waals surface area contributed by atoms with Gasteiger partial charge in [-0.25, -0.2) is 9.07 Å². The summed E-state index contributed by atoms with van der Waals surface area (Å²) in [4.78, 5) is 4.06. The van der Waals surface area contributed by atoms with E-state index in [4.69, 9.17) is 16.3 Å². The number of alkyl halides is 6. The van der Waals surface area contributed by atoms with Crippen LogP contribution in [0.1, 0.15) is 40.9 Å². The molecule has 4 heterocycles. The predicted octanol–water partition coefficient (Wildman–Crippen LogP) is 5.90. The van der Waals surface area contributed by atoms with Crippen LogP contribution in [-0.2, 0) is 36.7 Å². The average molecular weight is 673 g/mol. The second-order valence-electron chi connectivity index (χ2n) is 11.2. The molecule has 9 nitrogen and oxygen atoms in total. The van der Waals surface area contributed by atoms with E-state index in [1.54, 1.807) is 10.6 Å². The molecular weight excluding hydrogens is 645 g/mol. The lowest BCUT2D eigenvalue weighted by atomic mass is 10.0. The van der Waals surface area contributed by atoms with Gasteiger partial charge in [-0.15, -0.1) is 15.3 Å². The second-order valence-corrected chi connectivity index (χ2v) is 11.6. The monoisotopic (exact) mass is 672 g/mol. The van der Waals surface area contributed by atoms with Crippen LogP contribution in [0.5, 0.6) is 0 Å². The van der Waals surface area contributed by atoms with Crippen LogP contribution >= 0.6 is 11.6 Å². The number of likely N-dealkylation sites (tertiary alicyclic amines) is 1. The largest absolute Gasteiger partial charge is 0.416 e. The summed E-state index contributed by atoms with van der Waals surface area (Å²) in [6, 6.07) is 5.46. The van der Waals surface area contributed by atoms with Crippen LogP contribution in [0.2, 0.25) is 5.02 Å². The van der Waals surface area contributed by atoms with Crippen molar-refractivity contribution in [3.8, 4) is 11.5 Å². The Bertz CT molecular complexity index is 1660. The van der Waals surface area contributed by atoms with E-state index in [1.165, 1.54) is 16.8 Å². The highest BCUT2D eigenvalue weighted by Gasteiger charge is 2.37. The van der Waals surface area contributed by atoms with Crippen molar-refractivity contribution >= 4 is 17.4 Å². The molecule has 0 amide bonds. The van der Waals surface area contributed by atoms with Crippen LogP contribution in [0.4, 0.5) is 36.6 Å². The summed E-state index contributed by atoms with van der Waals surface area (Å²) < 4.78 is 104. The van der Waals surface area contributed by atoms with E-state index >= 15 is 0 Å². The molecule has 246 valence electrons. The highest BCUT2D eigenvalue weighted by Crippen LogP contribution is 2.37. The summed E-state index contributed by atoms with van der Waals surface area (Å²) >= 11 is 6.39. The smallest absolute Gasteiger partial charge is 0.378 e. The molecule has 2 aromatic carbocycles. The molecule has 0 atom stereocenters. The van der Waals surface area contributed by atoms with Crippen molar-refractivity contribution in [1.29, 1.82) is 0 Å². The molecule has 0 unspecified atom stereocenters. The van der Waals surface area contributed by atoms with Crippen LogP contribution in [0.25, 0.3) is 11.5 Å². The molecule has 2 fully saturated rings. The molecule has 0 radical (unpaired) electrons. The van der Waals surface area contributed by atoms with Gasteiger partial charge < -0.3 is 14.2 Å². The molecule has 0 bridgehead atoms. The SMILES string of the molecule is Fc1ccc(Cn2c(CN3CCCC3)nnc2-c2nnn(Cc3cc(C(F)(F)F)cc(C(F)(F)F)c3)c2N2CCOCC2)c(Cl)c1. The molecule has 17 heteroatoms. The van der Waals surface area contributed by atoms with Crippen molar-refractivity contribution in [2.45, 2.75) is 44.8 Å². The number of benzene rings is 2. The lowest BCUT2D eigenvalue weighted by Crippen LogP contribution is -2.38. The van der Waals surface area contributed by atoms with Gasteiger partial charge in [0.1, 0.15) is 11.6 Å². The maximum absolute atomic E-state index is 13.9. The van der Waals surface area contributed by atoms with E-state index in [2.05, 4.69) is 25.4 Å². The van der Waals surface area contributed by atoms with Gasteiger partial charge in [0.2, 0.25) is 0 Å². The van der Waals surface area contributed by atoms with Crippen molar-refractivity contribution in [3.63, 3.8) is 0 Å². The third-order valence-corrected chi connectivity index (χ3v) is 8.30. The van der Waals surface area contributed by atoms with Crippen LogP contribution in [0.15, 0.2) is 36.4 Å². The summed E-state index contributed by atoms with van der Waals surface area (Å²) in [7, 11) is 0. The lowest BCUT2D eigenvalue weighted by molar-refractivity contribution is -0.143. The van der Waals surface area contributed by atoms with E-state index < -0.39 is 35.8 Å². The Labute approximate surface area is 263 Å². The van der Waals surface area contributed by atoms with E-state index in [9.17, 15) is 30.7 Å². The summed E-state index contributed by atoms with van der Waals surface area (Å²) in [5.74, 6) is 0.673. The molecule has 0 aliphatic carbocycles. The Hall–Kier alpha value is -3.76. The van der Waals surface area contributed by atoms with Gasteiger partial charge in [-0.3, -0.25) is 4.90 Å². The van der Waals surface area contributed by atoms with Gasteiger partial charge in [-0.2, -0.15) is 26.3 Å². The zero-order valence-electron chi connectivity index (χ0n) is 24.3. The molecule has 2 saturated heterocycles. The molecule has 0 N–H and O–H groups in total. The fourth-order valence-corrected chi connectivity index (χ4v) is 5.91. The van der Waals surface area contributed by atoms with Gasteiger partial charge in [0.25, 0.3) is 0 Å². The van der Waals surface area contributed by atoms with E-state index in [0.29, 0.717) is 62.2 Å². The summed E-state index contributed by atoms with van der Waals surface area (Å²) in [5.41, 5.74) is -2.30. The Morgan fingerprint density at radius 3 is 2.09 bits per heavy atom. The number of rotatable bonds is 8. The molecule has 0 saturated carbocycles. The zero-order valence-corrected chi connectivity index (χ0v) is 25.0. The average Bonchev–Trinajstić information content (AvgIpc) is 3.75. The number of hydrogen-bond donors (Lipinski definition) is 0. The van der Waals surface area contributed by atoms with E-state index in [1.807, 2.05) is 4.90 Å². The molecule has 46 heavy (non-hydrogen) atoms. The minimum Gasteiger partial charge on any atom is -0.378 e. The van der Waals surface area contributed by atoms with Gasteiger partial charge in [0.05, 0.1) is 44.0 Å². The standard InChI is InChI=1S/C29H28ClF7N8O/c30-23-14-22(31)4-3-19(23)16-44-24(17-42-5-1-2-6-42)38-40-26(44)25-27(43-7-9-46-10-8-43)45(41-39-25)15-18-11-20(28(32,33)34)13-21(12-18)29(35,36)37/h3-4,11-14H,1-2,5-10,15-17H2. The Kier molecular flexibility index (Phi) is 8.95. The first kappa shape index (κ1) is 32.2. The predicted molar refractivity (Wildman–Crippen MR) is 153 cm³/mol. The first-order valence-corrected chi connectivity index (χ1v) is 14.9. The van der Waals surface area contributed by atoms with Gasteiger partial charge in [-0.05, 0) is 67.4 Å². The molecule has 0 spiro atoms. The number of aromatic nitrogens is 6. The number of hydrogen-bond acceptors (Lipinski definition) is 7. The van der Waals surface area contributed by atoms with E-state index in [-0.39, 0.29) is 34.7 Å². The van der Waals surface area contributed by atoms with Crippen LogP contribution in [-0.4, -0.2) is 74.1 Å². The van der Waals surface area contributed by atoms with Crippen LogP contribution in [0.3, 0.4) is 0 Å². The molecule has 2 aliphatic heterocycles. The van der Waals surface area contributed by atoms with Gasteiger partial charge >= 0.3 is 12.4 Å². The summed E-state index contributed by atoms with van der Waals surface area (Å²) in [6.07, 6.45) is -7.93. The molecule has 2 aromatic heterocycles. The van der Waals surface area contributed by atoms with E-state index in [0.717, 1.165) is 25.9 Å². The maximum Gasteiger partial charge on any atom is 0.416 e.